The van der Waals surface area contributed by atoms with E-state index in [1.54, 1.807) is 42.5 Å². The summed E-state index contributed by atoms with van der Waals surface area (Å²) < 4.78 is 36.0. The molecule has 1 aromatic heterocycles. The van der Waals surface area contributed by atoms with E-state index < -0.39 is 21.6 Å². The van der Waals surface area contributed by atoms with E-state index in [0.717, 1.165) is 0 Å². The van der Waals surface area contributed by atoms with Crippen molar-refractivity contribution in [2.24, 2.45) is 0 Å². The first-order valence-corrected chi connectivity index (χ1v) is 10.5. The number of hydrogen-bond acceptors (Lipinski definition) is 6. The minimum absolute atomic E-state index is 0.102. The lowest BCUT2D eigenvalue weighted by Gasteiger charge is -2.17. The summed E-state index contributed by atoms with van der Waals surface area (Å²) in [6, 6.07) is 13.0. The van der Waals surface area contributed by atoms with E-state index in [0.29, 0.717) is 35.5 Å². The molecular formula is C20H18N2O6S. The topological polar surface area (TPSA) is 106 Å². The van der Waals surface area contributed by atoms with Gasteiger partial charge in [-0.15, -0.1) is 0 Å². The largest absolute Gasteiger partial charge is 0.493 e. The van der Waals surface area contributed by atoms with Crippen molar-refractivity contribution >= 4 is 38.3 Å². The van der Waals surface area contributed by atoms with Crippen LogP contribution in [-0.4, -0.2) is 33.7 Å². The van der Waals surface area contributed by atoms with Gasteiger partial charge < -0.3 is 14.5 Å². The highest BCUT2D eigenvalue weighted by Crippen LogP contribution is 2.27. The lowest BCUT2D eigenvalue weighted by Crippen LogP contribution is -2.25. The van der Waals surface area contributed by atoms with Crippen LogP contribution in [0, 0.1) is 0 Å². The third kappa shape index (κ3) is 3.56. The van der Waals surface area contributed by atoms with E-state index in [9.17, 15) is 18.0 Å². The van der Waals surface area contributed by atoms with Gasteiger partial charge in [-0.1, -0.05) is 18.2 Å². The fourth-order valence-electron chi connectivity index (χ4n) is 3.30. The molecule has 2 aromatic carbocycles. The molecule has 3 aromatic rings. The monoisotopic (exact) mass is 414 g/mol. The second-order valence-corrected chi connectivity index (χ2v) is 8.59. The Kier molecular flexibility index (Phi) is 4.75. The second-order valence-electron chi connectivity index (χ2n) is 6.57. The fraction of sp³-hybridized carbons (Fsp3) is 0.200. The minimum atomic E-state index is -3.33. The average molecular weight is 414 g/mol. The van der Waals surface area contributed by atoms with Crippen LogP contribution >= 0.6 is 0 Å². The minimum Gasteiger partial charge on any atom is -0.493 e. The fourth-order valence-corrected chi connectivity index (χ4v) is 4.86. The number of benzene rings is 2. The number of carbonyl (C=O) groups excluding carboxylic acids is 1. The van der Waals surface area contributed by atoms with Gasteiger partial charge in [-0.25, -0.2) is 13.2 Å². The van der Waals surface area contributed by atoms with Crippen molar-refractivity contribution < 1.29 is 22.4 Å². The van der Waals surface area contributed by atoms with Crippen LogP contribution in [0.25, 0.3) is 11.0 Å². The molecule has 1 amide bonds. The van der Waals surface area contributed by atoms with E-state index in [2.05, 4.69) is 5.32 Å². The summed E-state index contributed by atoms with van der Waals surface area (Å²) in [6.45, 7) is 0.399. The highest BCUT2D eigenvalue weighted by atomic mass is 32.2. The zero-order chi connectivity index (χ0) is 20.6. The number of methoxy groups -OCH3 is 1. The summed E-state index contributed by atoms with van der Waals surface area (Å²) >= 11 is 0. The highest BCUT2D eigenvalue weighted by Gasteiger charge is 2.28. The van der Waals surface area contributed by atoms with Crippen molar-refractivity contribution in [3.05, 3.63) is 64.5 Å². The van der Waals surface area contributed by atoms with Crippen molar-refractivity contribution in [3.8, 4) is 5.75 Å². The van der Waals surface area contributed by atoms with Crippen LogP contribution in [-0.2, 0) is 10.0 Å². The molecule has 0 radical (unpaired) electrons. The molecule has 4 rings (SSSR count). The molecule has 9 heteroatoms. The Balaban J connectivity index is 1.64. The van der Waals surface area contributed by atoms with Gasteiger partial charge in [0.2, 0.25) is 10.0 Å². The number of amides is 1. The molecule has 1 aliphatic rings. The maximum atomic E-state index is 12.7. The molecule has 0 spiro atoms. The number of hydrogen-bond donors (Lipinski definition) is 1. The Morgan fingerprint density at radius 1 is 1.17 bits per heavy atom. The number of sulfonamides is 1. The first-order valence-electron chi connectivity index (χ1n) is 8.92. The lowest BCUT2D eigenvalue weighted by atomic mass is 10.1. The van der Waals surface area contributed by atoms with Crippen molar-refractivity contribution in [1.82, 2.24) is 0 Å². The molecule has 1 saturated heterocycles. The average Bonchev–Trinajstić information content (AvgIpc) is 3.06. The summed E-state index contributed by atoms with van der Waals surface area (Å²) in [7, 11) is -1.87. The van der Waals surface area contributed by atoms with Gasteiger partial charge in [0, 0.05) is 17.6 Å². The van der Waals surface area contributed by atoms with Crippen LogP contribution in [0.3, 0.4) is 0 Å². The van der Waals surface area contributed by atoms with Gasteiger partial charge in [0.25, 0.3) is 5.91 Å². The first kappa shape index (κ1) is 19.0. The van der Waals surface area contributed by atoms with E-state index in [4.69, 9.17) is 9.15 Å². The molecule has 0 atom stereocenters. The molecule has 1 aliphatic heterocycles. The predicted molar refractivity (Wildman–Crippen MR) is 109 cm³/mol. The summed E-state index contributed by atoms with van der Waals surface area (Å²) in [5, 5.41) is 3.18. The van der Waals surface area contributed by atoms with Crippen LogP contribution in [0.2, 0.25) is 0 Å². The van der Waals surface area contributed by atoms with Crippen molar-refractivity contribution in [1.29, 1.82) is 0 Å². The molecule has 2 heterocycles. The van der Waals surface area contributed by atoms with Gasteiger partial charge in [-0.3, -0.25) is 9.10 Å². The molecule has 29 heavy (non-hydrogen) atoms. The van der Waals surface area contributed by atoms with Gasteiger partial charge in [-0.2, -0.15) is 0 Å². The number of carbonyl (C=O) groups is 1. The molecular weight excluding hydrogens is 396 g/mol. The molecule has 0 aliphatic carbocycles. The van der Waals surface area contributed by atoms with Gasteiger partial charge in [0.05, 0.1) is 18.6 Å². The third-order valence-electron chi connectivity index (χ3n) is 4.68. The quantitative estimate of drug-likeness (QED) is 0.658. The smallest absolute Gasteiger partial charge is 0.349 e. The van der Waals surface area contributed by atoms with Crippen LogP contribution in [0.5, 0.6) is 5.75 Å². The first-order chi connectivity index (χ1) is 13.9. The molecule has 0 unspecified atom stereocenters. The van der Waals surface area contributed by atoms with Crippen molar-refractivity contribution in [2.45, 2.75) is 6.42 Å². The molecule has 1 N–H and O–H groups in total. The van der Waals surface area contributed by atoms with Crippen LogP contribution < -0.4 is 20.0 Å². The van der Waals surface area contributed by atoms with Crippen LogP contribution in [0.15, 0.2) is 57.7 Å². The summed E-state index contributed by atoms with van der Waals surface area (Å²) in [5.41, 5.74) is 0.149. The van der Waals surface area contributed by atoms with E-state index in [1.165, 1.54) is 17.5 Å². The van der Waals surface area contributed by atoms with Gasteiger partial charge in [0.1, 0.15) is 5.56 Å². The molecule has 8 nitrogen and oxygen atoms in total. The lowest BCUT2D eigenvalue weighted by molar-refractivity contribution is 0.102. The maximum Gasteiger partial charge on any atom is 0.349 e. The summed E-state index contributed by atoms with van der Waals surface area (Å²) in [4.78, 5) is 25.0. The Labute approximate surface area is 166 Å². The van der Waals surface area contributed by atoms with Gasteiger partial charge in [-0.05, 0) is 36.8 Å². The van der Waals surface area contributed by atoms with Gasteiger partial charge >= 0.3 is 5.63 Å². The predicted octanol–water partition coefficient (Wildman–Crippen LogP) is 2.59. The Hall–Kier alpha value is -3.33. The Morgan fingerprint density at radius 2 is 1.97 bits per heavy atom. The summed E-state index contributed by atoms with van der Waals surface area (Å²) in [6.07, 6.45) is 0.556. The number of nitrogens with one attached hydrogen (secondary N) is 1. The van der Waals surface area contributed by atoms with Gasteiger partial charge in [0.15, 0.2) is 11.3 Å². The third-order valence-corrected chi connectivity index (χ3v) is 6.55. The standard InChI is InChI=1S/C20H18N2O6S/c1-27-17-8-2-5-13-11-16(20(24)28-18(13)17)19(23)21-14-6-3-7-15(12-14)22-9-4-10-29(22,25)26/h2-3,5-8,11-12H,4,9-10H2,1H3,(H,21,23). The van der Waals surface area contributed by atoms with E-state index in [1.807, 2.05) is 0 Å². The van der Waals surface area contributed by atoms with Crippen molar-refractivity contribution in [3.63, 3.8) is 0 Å². The highest BCUT2D eigenvalue weighted by molar-refractivity contribution is 7.93. The normalized spacial score (nSPS) is 15.4. The SMILES string of the molecule is COc1cccc2cc(C(=O)Nc3cccc(N4CCCS4(=O)=O)c3)c(=O)oc12. The molecule has 0 saturated carbocycles. The summed E-state index contributed by atoms with van der Waals surface area (Å²) in [5.74, 6) is -0.151. The Bertz CT molecular complexity index is 1270. The molecule has 0 bridgehead atoms. The number of ether oxygens (including phenoxy) is 1. The number of rotatable bonds is 4. The molecule has 150 valence electrons. The number of nitrogens with zero attached hydrogens (tertiary/aromatic N) is 1. The zero-order valence-electron chi connectivity index (χ0n) is 15.5. The molecule has 1 fully saturated rings. The zero-order valence-corrected chi connectivity index (χ0v) is 16.4. The van der Waals surface area contributed by atoms with Crippen LogP contribution in [0.4, 0.5) is 11.4 Å². The van der Waals surface area contributed by atoms with Crippen molar-refractivity contribution in [2.75, 3.05) is 29.0 Å². The number of para-hydroxylation sites is 1. The number of anilines is 2. The Morgan fingerprint density at radius 3 is 2.69 bits per heavy atom. The van der Waals surface area contributed by atoms with E-state index in [-0.39, 0.29) is 16.9 Å². The number of fused-ring (bicyclic) bond motifs is 1. The second kappa shape index (κ2) is 7.25. The van der Waals surface area contributed by atoms with E-state index >= 15 is 0 Å². The van der Waals surface area contributed by atoms with Crippen LogP contribution in [0.1, 0.15) is 16.8 Å². The maximum absolute atomic E-state index is 12.7.